The first kappa shape index (κ1) is 11.9. The lowest BCUT2D eigenvalue weighted by molar-refractivity contribution is 0.00596. The molecule has 0 amide bonds. The number of rotatable bonds is 1. The van der Waals surface area contributed by atoms with Gasteiger partial charge in [-0.15, -0.1) is 0 Å². The third-order valence-electron chi connectivity index (χ3n) is 1.71. The lowest BCUT2D eigenvalue weighted by atomic mass is 10.2. The summed E-state index contributed by atoms with van der Waals surface area (Å²) < 4.78 is 36.1. The van der Waals surface area contributed by atoms with Crippen LogP contribution in [0, 0.1) is 0 Å². The topological polar surface area (TPSA) is 34.1 Å². The van der Waals surface area contributed by atoms with E-state index in [1.165, 1.54) is 11.0 Å². The van der Waals surface area contributed by atoms with E-state index in [-0.39, 0.29) is 25.1 Å². The zero-order valence-electron chi connectivity index (χ0n) is 8.96. The summed E-state index contributed by atoms with van der Waals surface area (Å²) in [5.74, 6) is -2.99. The van der Waals surface area contributed by atoms with Crippen molar-refractivity contribution in [1.82, 2.24) is 4.90 Å². The maximum atomic E-state index is 13.1. The Kier molecular flexibility index (Phi) is 3.62. The van der Waals surface area contributed by atoms with Gasteiger partial charge in [0, 0.05) is 21.0 Å². The van der Waals surface area contributed by atoms with Crippen molar-refractivity contribution >= 4 is 6.02 Å². The highest BCUT2D eigenvalue weighted by Crippen LogP contribution is 2.25. The molecule has 0 radical (unpaired) electrons. The molecule has 0 N–H and O–H groups in total. The van der Waals surface area contributed by atoms with Gasteiger partial charge in [0.25, 0.3) is 11.9 Å². The first-order valence-electron chi connectivity index (χ1n) is 4.46. The fourth-order valence-electron chi connectivity index (χ4n) is 0.968. The molecule has 0 aromatic rings. The molecule has 0 aromatic heterocycles. The van der Waals surface area contributed by atoms with Crippen molar-refractivity contribution in [1.29, 1.82) is 0 Å². The molecule has 0 fully saturated rings. The van der Waals surface area contributed by atoms with Gasteiger partial charge < -0.3 is 14.4 Å². The second kappa shape index (κ2) is 4.57. The lowest BCUT2D eigenvalue weighted by Crippen LogP contribution is -2.29. The minimum Gasteiger partial charge on any atom is -0.438 e. The molecule has 86 valence electrons. The Bertz CT molecular complexity index is 282. The Hall–Kier alpha value is -1.17. The van der Waals surface area contributed by atoms with Crippen LogP contribution in [-0.4, -0.2) is 44.3 Å². The maximum Gasteiger partial charge on any atom is 0.294 e. The highest BCUT2D eigenvalue weighted by atomic mass is 19.3. The smallest absolute Gasteiger partial charge is 0.294 e. The van der Waals surface area contributed by atoms with Gasteiger partial charge in [0.1, 0.15) is 5.70 Å². The van der Waals surface area contributed by atoms with Gasteiger partial charge in [0.05, 0.1) is 6.61 Å². The largest absolute Gasteiger partial charge is 0.438 e. The first-order chi connectivity index (χ1) is 6.91. The second-order valence-electron chi connectivity index (χ2n) is 3.40. The second-order valence-corrected chi connectivity index (χ2v) is 3.40. The zero-order valence-corrected chi connectivity index (χ0v) is 8.96. The van der Waals surface area contributed by atoms with E-state index in [0.29, 0.717) is 0 Å². The molecule has 6 heteroatoms. The van der Waals surface area contributed by atoms with Crippen LogP contribution in [0.4, 0.5) is 8.78 Å². The molecule has 0 atom stereocenters. The highest BCUT2D eigenvalue weighted by Gasteiger charge is 2.29. The van der Waals surface area contributed by atoms with E-state index in [9.17, 15) is 8.78 Å². The summed E-state index contributed by atoms with van der Waals surface area (Å²) in [6.07, 6.45) is 1.26. The van der Waals surface area contributed by atoms with Crippen LogP contribution in [-0.2, 0) is 9.47 Å². The Morgan fingerprint density at radius 2 is 2.13 bits per heavy atom. The van der Waals surface area contributed by atoms with Crippen molar-refractivity contribution in [3.8, 4) is 0 Å². The van der Waals surface area contributed by atoms with E-state index in [1.54, 1.807) is 14.1 Å². The number of alkyl halides is 2. The van der Waals surface area contributed by atoms with Crippen molar-refractivity contribution in [2.24, 2.45) is 4.99 Å². The van der Waals surface area contributed by atoms with E-state index in [4.69, 9.17) is 9.47 Å². The summed E-state index contributed by atoms with van der Waals surface area (Å²) in [6.45, 7) is 0.871. The van der Waals surface area contributed by atoms with Gasteiger partial charge >= 0.3 is 0 Å². The molecule has 1 heterocycles. The number of aliphatic imine (C=N–C) groups is 1. The number of hydrogen-bond donors (Lipinski definition) is 0. The van der Waals surface area contributed by atoms with Crippen LogP contribution in [0.25, 0.3) is 0 Å². The quantitative estimate of drug-likeness (QED) is 0.670. The van der Waals surface area contributed by atoms with Crippen molar-refractivity contribution in [3.63, 3.8) is 0 Å². The van der Waals surface area contributed by atoms with Gasteiger partial charge in [-0.25, -0.2) is 0 Å². The van der Waals surface area contributed by atoms with E-state index in [0.717, 1.165) is 6.92 Å². The predicted octanol–water partition coefficient (Wildman–Crippen LogP) is 1.45. The van der Waals surface area contributed by atoms with Crippen molar-refractivity contribution in [2.75, 3.05) is 27.5 Å². The van der Waals surface area contributed by atoms with Crippen LogP contribution in [0.5, 0.6) is 0 Å². The number of amidine groups is 1. The van der Waals surface area contributed by atoms with Crippen molar-refractivity contribution < 1.29 is 18.3 Å². The Labute approximate surface area is 87.2 Å². The SMILES string of the molecule is CN(C)C1=N/C(C(C)(F)F)=C\COCO1. The molecule has 0 saturated heterocycles. The van der Waals surface area contributed by atoms with Gasteiger partial charge in [0.15, 0.2) is 6.79 Å². The minimum atomic E-state index is -2.99. The van der Waals surface area contributed by atoms with Crippen LogP contribution >= 0.6 is 0 Å². The number of nitrogens with zero attached hydrogens (tertiary/aromatic N) is 2. The van der Waals surface area contributed by atoms with Gasteiger partial charge in [-0.1, -0.05) is 0 Å². The third-order valence-corrected chi connectivity index (χ3v) is 1.71. The van der Waals surface area contributed by atoms with Crippen LogP contribution in [0.3, 0.4) is 0 Å². The van der Waals surface area contributed by atoms with Crippen molar-refractivity contribution in [2.45, 2.75) is 12.8 Å². The molecule has 0 aliphatic carbocycles. The minimum absolute atomic E-state index is 0.01000. The monoisotopic (exact) mass is 220 g/mol. The summed E-state index contributed by atoms with van der Waals surface area (Å²) in [5, 5.41) is 0. The molecule has 0 spiro atoms. The molecule has 0 aromatic carbocycles. The number of halogens is 2. The Morgan fingerprint density at radius 1 is 1.47 bits per heavy atom. The summed E-state index contributed by atoms with van der Waals surface area (Å²) >= 11 is 0. The molecule has 0 bridgehead atoms. The van der Waals surface area contributed by atoms with E-state index in [1.807, 2.05) is 0 Å². The summed E-state index contributed by atoms with van der Waals surface area (Å²) in [6, 6.07) is 0.113. The fourth-order valence-corrected chi connectivity index (χ4v) is 0.968. The zero-order chi connectivity index (χ0) is 11.5. The van der Waals surface area contributed by atoms with Crippen LogP contribution < -0.4 is 0 Å². The number of hydrogen-bond acceptors (Lipinski definition) is 4. The third kappa shape index (κ3) is 3.47. The van der Waals surface area contributed by atoms with Crippen LogP contribution in [0.15, 0.2) is 16.8 Å². The summed E-state index contributed by atoms with van der Waals surface area (Å²) in [4.78, 5) is 5.27. The van der Waals surface area contributed by atoms with E-state index >= 15 is 0 Å². The average molecular weight is 220 g/mol. The van der Waals surface area contributed by atoms with Crippen LogP contribution in [0.2, 0.25) is 0 Å². The first-order valence-corrected chi connectivity index (χ1v) is 4.46. The Balaban J connectivity index is 2.96. The van der Waals surface area contributed by atoms with E-state index in [2.05, 4.69) is 4.99 Å². The molecule has 0 unspecified atom stereocenters. The molecular weight excluding hydrogens is 206 g/mol. The molecular formula is C9H14F2N2O2. The van der Waals surface area contributed by atoms with Crippen molar-refractivity contribution in [3.05, 3.63) is 11.8 Å². The molecule has 0 saturated carbocycles. The molecule has 4 nitrogen and oxygen atoms in total. The highest BCUT2D eigenvalue weighted by molar-refractivity contribution is 5.74. The molecule has 1 aliphatic heterocycles. The Morgan fingerprint density at radius 3 is 2.67 bits per heavy atom. The predicted molar refractivity (Wildman–Crippen MR) is 51.7 cm³/mol. The summed E-state index contributed by atoms with van der Waals surface area (Å²) in [5.41, 5.74) is -0.342. The molecule has 15 heavy (non-hydrogen) atoms. The van der Waals surface area contributed by atoms with Gasteiger partial charge in [-0.3, -0.25) is 0 Å². The lowest BCUT2D eigenvalue weighted by Gasteiger charge is -2.20. The molecule has 1 rings (SSSR count). The number of allylic oxidation sites excluding steroid dienone is 1. The average Bonchev–Trinajstić information content (AvgIpc) is 1.99. The normalized spacial score (nSPS) is 21.7. The maximum absolute atomic E-state index is 13.1. The van der Waals surface area contributed by atoms with Gasteiger partial charge in [0.2, 0.25) is 0 Å². The number of ether oxygens (including phenoxy) is 2. The van der Waals surface area contributed by atoms with Crippen LogP contribution in [0.1, 0.15) is 6.92 Å². The van der Waals surface area contributed by atoms with Gasteiger partial charge in [-0.05, 0) is 6.08 Å². The van der Waals surface area contributed by atoms with E-state index < -0.39 is 5.92 Å². The van der Waals surface area contributed by atoms with Gasteiger partial charge in [-0.2, -0.15) is 13.8 Å². The fraction of sp³-hybridized carbons (Fsp3) is 0.667. The molecule has 1 aliphatic rings. The standard InChI is InChI=1S/C9H14F2N2O2/c1-9(10,11)7-4-5-14-6-15-8(12-7)13(2)3/h4H,5-6H2,1-3H3/b7-4-,12-8?. The summed E-state index contributed by atoms with van der Waals surface area (Å²) in [7, 11) is 3.32.